The number of guanidine groups is 1. The minimum absolute atomic E-state index is 0.233. The van der Waals surface area contributed by atoms with E-state index in [0.29, 0.717) is 5.56 Å². The lowest BCUT2D eigenvalue weighted by Gasteiger charge is -2.08. The number of nitrogens with two attached hydrogens (primary N) is 2. The van der Waals surface area contributed by atoms with Gasteiger partial charge in [0.2, 0.25) is 0 Å². The van der Waals surface area contributed by atoms with E-state index < -0.39 is 12.0 Å². The molecule has 0 radical (unpaired) electrons. The van der Waals surface area contributed by atoms with E-state index in [1.807, 2.05) is 19.1 Å². The van der Waals surface area contributed by atoms with Crippen LogP contribution in [0, 0.1) is 6.92 Å². The number of aliphatic carboxylic acids is 1. The van der Waals surface area contributed by atoms with Gasteiger partial charge in [0.05, 0.1) is 0 Å². The quantitative estimate of drug-likeness (QED) is 0.493. The summed E-state index contributed by atoms with van der Waals surface area (Å²) in [6, 6.07) is 5.98. The molecule has 0 aliphatic carbocycles. The molecule has 1 unspecified atom stereocenters. The molecule has 0 bridgehead atoms. The second-order valence-corrected chi connectivity index (χ2v) is 3.21. The van der Waals surface area contributed by atoms with Gasteiger partial charge in [0, 0.05) is 0 Å². The third kappa shape index (κ3) is 2.98. The second-order valence-electron chi connectivity index (χ2n) is 3.21. The van der Waals surface area contributed by atoms with Crippen molar-refractivity contribution in [3.05, 3.63) is 35.4 Å². The van der Waals surface area contributed by atoms with E-state index in [9.17, 15) is 4.79 Å². The number of carboxylic acids is 1. The van der Waals surface area contributed by atoms with Crippen LogP contribution in [-0.2, 0) is 4.79 Å². The first-order valence-corrected chi connectivity index (χ1v) is 4.39. The van der Waals surface area contributed by atoms with Crippen molar-refractivity contribution in [3.8, 4) is 0 Å². The van der Waals surface area contributed by atoms with Crippen LogP contribution in [0.1, 0.15) is 17.2 Å². The van der Waals surface area contributed by atoms with Crippen LogP contribution in [0.15, 0.2) is 29.3 Å². The lowest BCUT2D eigenvalue weighted by Crippen LogP contribution is -2.25. The van der Waals surface area contributed by atoms with E-state index in [-0.39, 0.29) is 5.96 Å². The summed E-state index contributed by atoms with van der Waals surface area (Å²) in [7, 11) is 0. The molecule has 0 aliphatic rings. The molecule has 1 atom stereocenters. The summed E-state index contributed by atoms with van der Waals surface area (Å²) in [5, 5.41) is 8.93. The summed E-state index contributed by atoms with van der Waals surface area (Å²) in [6.07, 6.45) is 0. The van der Waals surface area contributed by atoms with Gasteiger partial charge in [0.15, 0.2) is 12.0 Å². The van der Waals surface area contributed by atoms with Crippen LogP contribution in [-0.4, -0.2) is 17.0 Å². The zero-order valence-electron chi connectivity index (χ0n) is 8.34. The number of rotatable bonds is 3. The number of hydrogen-bond donors (Lipinski definition) is 3. The van der Waals surface area contributed by atoms with Gasteiger partial charge in [-0.15, -0.1) is 0 Å². The number of carbonyl (C=O) groups is 1. The average molecular weight is 207 g/mol. The number of hydrogen-bond acceptors (Lipinski definition) is 2. The average Bonchev–Trinajstić information content (AvgIpc) is 2.15. The maximum atomic E-state index is 10.9. The minimum atomic E-state index is -1.08. The highest BCUT2D eigenvalue weighted by Crippen LogP contribution is 2.17. The largest absolute Gasteiger partial charge is 0.479 e. The molecule has 0 aliphatic heterocycles. The minimum Gasteiger partial charge on any atom is -0.479 e. The van der Waals surface area contributed by atoms with Crippen LogP contribution in [0.4, 0.5) is 0 Å². The Morgan fingerprint density at radius 2 is 1.87 bits per heavy atom. The zero-order valence-corrected chi connectivity index (χ0v) is 8.34. The van der Waals surface area contributed by atoms with Crippen molar-refractivity contribution >= 4 is 11.9 Å². The predicted octanol–water partition coefficient (Wildman–Crippen LogP) is 0.394. The Morgan fingerprint density at radius 3 is 2.27 bits per heavy atom. The molecule has 1 aromatic carbocycles. The first-order chi connectivity index (χ1) is 7.00. The monoisotopic (exact) mass is 207 g/mol. The van der Waals surface area contributed by atoms with Gasteiger partial charge in [-0.25, -0.2) is 9.79 Å². The van der Waals surface area contributed by atoms with Crippen LogP contribution >= 0.6 is 0 Å². The molecule has 0 amide bonds. The number of carboxylic acid groups (broad SMARTS) is 1. The molecule has 0 aromatic heterocycles. The Balaban J connectivity index is 3.05. The fourth-order valence-electron chi connectivity index (χ4n) is 1.17. The SMILES string of the molecule is Cc1ccc(C(N=C(N)N)C(=O)O)cc1. The van der Waals surface area contributed by atoms with Crippen molar-refractivity contribution in [2.75, 3.05) is 0 Å². The molecular weight excluding hydrogens is 194 g/mol. The van der Waals surface area contributed by atoms with Crippen LogP contribution in [0.3, 0.4) is 0 Å². The second kappa shape index (κ2) is 4.45. The lowest BCUT2D eigenvalue weighted by atomic mass is 10.1. The molecule has 0 heterocycles. The van der Waals surface area contributed by atoms with Gasteiger partial charge in [-0.3, -0.25) is 0 Å². The molecule has 1 rings (SSSR count). The predicted molar refractivity (Wildman–Crippen MR) is 57.4 cm³/mol. The van der Waals surface area contributed by atoms with Crippen molar-refractivity contribution in [1.29, 1.82) is 0 Å². The van der Waals surface area contributed by atoms with Gasteiger partial charge in [0.25, 0.3) is 0 Å². The van der Waals surface area contributed by atoms with Gasteiger partial charge in [0.1, 0.15) is 0 Å². The fourth-order valence-corrected chi connectivity index (χ4v) is 1.17. The highest BCUT2D eigenvalue weighted by atomic mass is 16.4. The smallest absolute Gasteiger partial charge is 0.333 e. The summed E-state index contributed by atoms with van der Waals surface area (Å²) in [5.41, 5.74) is 11.9. The van der Waals surface area contributed by atoms with Gasteiger partial charge >= 0.3 is 5.97 Å². The highest BCUT2D eigenvalue weighted by Gasteiger charge is 2.18. The Morgan fingerprint density at radius 1 is 1.33 bits per heavy atom. The first-order valence-electron chi connectivity index (χ1n) is 4.39. The van der Waals surface area contributed by atoms with Crippen molar-refractivity contribution in [2.45, 2.75) is 13.0 Å². The van der Waals surface area contributed by atoms with E-state index in [2.05, 4.69) is 4.99 Å². The summed E-state index contributed by atoms with van der Waals surface area (Å²) in [5.74, 6) is -1.31. The summed E-state index contributed by atoms with van der Waals surface area (Å²) >= 11 is 0. The van der Waals surface area contributed by atoms with Crippen LogP contribution in [0.25, 0.3) is 0 Å². The van der Waals surface area contributed by atoms with Crippen LogP contribution in [0.2, 0.25) is 0 Å². The highest BCUT2D eigenvalue weighted by molar-refractivity contribution is 5.82. The van der Waals surface area contributed by atoms with Gasteiger partial charge in [-0.05, 0) is 12.5 Å². The van der Waals surface area contributed by atoms with Gasteiger partial charge in [-0.1, -0.05) is 29.8 Å². The Labute approximate surface area is 87.4 Å². The maximum absolute atomic E-state index is 10.9. The number of aliphatic imine (C=N–C) groups is 1. The van der Waals surface area contributed by atoms with E-state index >= 15 is 0 Å². The zero-order chi connectivity index (χ0) is 11.4. The first kappa shape index (κ1) is 11.0. The fraction of sp³-hybridized carbons (Fsp3) is 0.200. The van der Waals surface area contributed by atoms with Crippen molar-refractivity contribution in [3.63, 3.8) is 0 Å². The summed E-state index contributed by atoms with van der Waals surface area (Å²) in [6.45, 7) is 1.92. The van der Waals surface area contributed by atoms with Crippen LogP contribution < -0.4 is 11.5 Å². The molecule has 0 fully saturated rings. The molecule has 1 aromatic rings. The molecule has 5 heteroatoms. The van der Waals surface area contributed by atoms with E-state index in [0.717, 1.165) is 5.56 Å². The van der Waals surface area contributed by atoms with Gasteiger partial charge < -0.3 is 16.6 Å². The number of aryl methyl sites for hydroxylation is 1. The lowest BCUT2D eigenvalue weighted by molar-refractivity contribution is -0.138. The summed E-state index contributed by atoms with van der Waals surface area (Å²) < 4.78 is 0. The van der Waals surface area contributed by atoms with Crippen molar-refractivity contribution in [2.24, 2.45) is 16.5 Å². The van der Waals surface area contributed by atoms with E-state index in [1.54, 1.807) is 12.1 Å². The van der Waals surface area contributed by atoms with E-state index in [1.165, 1.54) is 0 Å². The molecule has 0 spiro atoms. The molecular formula is C10H13N3O2. The number of nitrogens with zero attached hydrogens (tertiary/aromatic N) is 1. The van der Waals surface area contributed by atoms with Crippen molar-refractivity contribution < 1.29 is 9.90 Å². The van der Waals surface area contributed by atoms with Gasteiger partial charge in [-0.2, -0.15) is 0 Å². The topological polar surface area (TPSA) is 102 Å². The number of benzene rings is 1. The molecule has 5 N–H and O–H groups in total. The Bertz CT molecular complexity index is 380. The molecule has 80 valence electrons. The normalized spacial score (nSPS) is 11.8. The Hall–Kier alpha value is -2.04. The molecule has 0 saturated carbocycles. The molecule has 0 saturated heterocycles. The standard InChI is InChI=1S/C10H13N3O2/c1-6-2-4-7(5-3-6)8(9(14)15)13-10(11)12/h2-5,8H,1H3,(H,14,15)(H4,11,12,13). The molecule has 5 nitrogen and oxygen atoms in total. The van der Waals surface area contributed by atoms with E-state index in [4.69, 9.17) is 16.6 Å². The Kier molecular flexibility index (Phi) is 3.28. The third-order valence-corrected chi connectivity index (χ3v) is 1.91. The molecule has 15 heavy (non-hydrogen) atoms. The van der Waals surface area contributed by atoms with Crippen LogP contribution in [0.5, 0.6) is 0 Å². The third-order valence-electron chi connectivity index (χ3n) is 1.91. The summed E-state index contributed by atoms with van der Waals surface area (Å²) in [4.78, 5) is 14.6. The van der Waals surface area contributed by atoms with Crippen molar-refractivity contribution in [1.82, 2.24) is 0 Å². The maximum Gasteiger partial charge on any atom is 0.333 e.